The monoisotopic (exact) mass is 446 g/mol. The molecule has 3 aromatic rings. The van der Waals surface area contributed by atoms with E-state index < -0.39 is 23.6 Å². The molecule has 9 heteroatoms. The standard InChI is InChI=1S/C19H19BrN4O4/c1-4-5-10-23-15-16(21-18(23)20)22(2)19(27)24(17(15)26)11-13(25)12-8-6-7-9-14(12)28-3/h4-9H,10-11H2,1-3H3. The van der Waals surface area contributed by atoms with Crippen molar-refractivity contribution in [2.24, 2.45) is 7.05 Å². The summed E-state index contributed by atoms with van der Waals surface area (Å²) in [7, 11) is 2.98. The number of rotatable bonds is 6. The van der Waals surface area contributed by atoms with Crippen LogP contribution >= 0.6 is 15.9 Å². The number of halogens is 1. The minimum atomic E-state index is -0.607. The fraction of sp³-hybridized carbons (Fsp3) is 0.263. The third kappa shape index (κ3) is 3.33. The summed E-state index contributed by atoms with van der Waals surface area (Å²) in [4.78, 5) is 42.9. The zero-order valence-electron chi connectivity index (χ0n) is 15.7. The Labute approximate surface area is 168 Å². The van der Waals surface area contributed by atoms with Gasteiger partial charge in [0.25, 0.3) is 5.56 Å². The number of hydrogen-bond donors (Lipinski definition) is 0. The number of imidazole rings is 1. The summed E-state index contributed by atoms with van der Waals surface area (Å²) in [5.41, 5.74) is -0.358. The molecule has 0 N–H and O–H groups in total. The number of allylic oxidation sites excluding steroid dienone is 2. The molecular weight excluding hydrogens is 428 g/mol. The molecule has 0 aliphatic heterocycles. The van der Waals surface area contributed by atoms with E-state index in [0.29, 0.717) is 22.6 Å². The van der Waals surface area contributed by atoms with Gasteiger partial charge in [-0.15, -0.1) is 0 Å². The summed E-state index contributed by atoms with van der Waals surface area (Å²) in [6.07, 6.45) is 3.71. The van der Waals surface area contributed by atoms with Crippen molar-refractivity contribution in [3.05, 3.63) is 67.6 Å². The summed E-state index contributed by atoms with van der Waals surface area (Å²) in [6.45, 7) is 1.88. The van der Waals surface area contributed by atoms with E-state index in [1.807, 2.05) is 19.1 Å². The molecule has 0 saturated carbocycles. The van der Waals surface area contributed by atoms with Crippen LogP contribution in [0.2, 0.25) is 0 Å². The van der Waals surface area contributed by atoms with Crippen LogP contribution in [0.4, 0.5) is 0 Å². The molecule has 1 aromatic carbocycles. The van der Waals surface area contributed by atoms with Gasteiger partial charge in [0.05, 0.1) is 19.2 Å². The van der Waals surface area contributed by atoms with Crippen molar-refractivity contribution in [2.45, 2.75) is 20.0 Å². The molecule has 0 bridgehead atoms. The van der Waals surface area contributed by atoms with E-state index in [-0.39, 0.29) is 11.2 Å². The van der Waals surface area contributed by atoms with Gasteiger partial charge < -0.3 is 9.30 Å². The number of methoxy groups -OCH3 is 1. The quantitative estimate of drug-likeness (QED) is 0.328. The molecule has 0 aliphatic carbocycles. The molecule has 3 rings (SSSR count). The minimum Gasteiger partial charge on any atom is -0.496 e. The normalized spacial score (nSPS) is 11.4. The van der Waals surface area contributed by atoms with E-state index in [1.165, 1.54) is 18.7 Å². The Bertz CT molecular complexity index is 1200. The second kappa shape index (κ2) is 7.97. The number of hydrogen-bond acceptors (Lipinski definition) is 5. The highest BCUT2D eigenvalue weighted by atomic mass is 79.9. The summed E-state index contributed by atoms with van der Waals surface area (Å²) >= 11 is 3.33. The number of aryl methyl sites for hydroxylation is 1. The van der Waals surface area contributed by atoms with Gasteiger partial charge in [0.15, 0.2) is 21.7 Å². The smallest absolute Gasteiger partial charge is 0.332 e. The molecule has 0 spiro atoms. The molecule has 2 aromatic heterocycles. The molecule has 2 heterocycles. The van der Waals surface area contributed by atoms with Gasteiger partial charge in [0.2, 0.25) is 0 Å². The molecule has 0 fully saturated rings. The van der Waals surface area contributed by atoms with Crippen molar-refractivity contribution in [1.82, 2.24) is 18.7 Å². The van der Waals surface area contributed by atoms with Crippen LogP contribution < -0.4 is 16.0 Å². The topological polar surface area (TPSA) is 88.1 Å². The molecule has 8 nitrogen and oxygen atoms in total. The second-order valence-electron chi connectivity index (χ2n) is 6.09. The summed E-state index contributed by atoms with van der Waals surface area (Å²) in [5, 5.41) is 0. The highest BCUT2D eigenvalue weighted by Crippen LogP contribution is 2.19. The Morgan fingerprint density at radius 1 is 1.25 bits per heavy atom. The zero-order chi connectivity index (χ0) is 20.4. The van der Waals surface area contributed by atoms with Crippen LogP contribution in [-0.2, 0) is 20.1 Å². The van der Waals surface area contributed by atoms with Crippen LogP contribution in [0, 0.1) is 0 Å². The predicted octanol–water partition coefficient (Wildman–Crippen LogP) is 2.13. The van der Waals surface area contributed by atoms with E-state index in [2.05, 4.69) is 20.9 Å². The van der Waals surface area contributed by atoms with Gasteiger partial charge in [-0.2, -0.15) is 0 Å². The van der Waals surface area contributed by atoms with Gasteiger partial charge in [-0.1, -0.05) is 24.3 Å². The Hall–Kier alpha value is -2.94. The van der Waals surface area contributed by atoms with Crippen molar-refractivity contribution in [3.63, 3.8) is 0 Å². The molecule has 0 saturated heterocycles. The number of carbonyl (C=O) groups is 1. The molecule has 0 unspecified atom stereocenters. The first-order valence-electron chi connectivity index (χ1n) is 8.53. The molecule has 146 valence electrons. The second-order valence-corrected chi connectivity index (χ2v) is 6.80. The Morgan fingerprint density at radius 3 is 2.64 bits per heavy atom. The number of Topliss-reactive ketones (excluding diaryl/α,β-unsaturated/α-hetero) is 1. The average Bonchev–Trinajstić information content (AvgIpc) is 3.04. The number of ketones is 1. The van der Waals surface area contributed by atoms with Gasteiger partial charge >= 0.3 is 5.69 Å². The van der Waals surface area contributed by atoms with Crippen molar-refractivity contribution in [2.75, 3.05) is 7.11 Å². The molecular formula is C19H19BrN4O4. The molecule has 0 atom stereocenters. The van der Waals surface area contributed by atoms with Crippen molar-refractivity contribution in [3.8, 4) is 5.75 Å². The maximum absolute atomic E-state index is 13.1. The van der Waals surface area contributed by atoms with E-state index in [4.69, 9.17) is 4.74 Å². The summed E-state index contributed by atoms with van der Waals surface area (Å²) < 4.78 is 9.49. The summed E-state index contributed by atoms with van der Waals surface area (Å²) in [5.74, 6) is -0.00564. The van der Waals surface area contributed by atoms with Crippen LogP contribution in [0.1, 0.15) is 17.3 Å². The molecule has 0 amide bonds. The first-order valence-corrected chi connectivity index (χ1v) is 9.33. The maximum atomic E-state index is 13.1. The molecule has 28 heavy (non-hydrogen) atoms. The predicted molar refractivity (Wildman–Crippen MR) is 109 cm³/mol. The lowest BCUT2D eigenvalue weighted by Gasteiger charge is -2.10. The number of benzene rings is 1. The van der Waals surface area contributed by atoms with Crippen LogP contribution in [0.5, 0.6) is 5.75 Å². The van der Waals surface area contributed by atoms with Gasteiger partial charge in [0, 0.05) is 13.6 Å². The van der Waals surface area contributed by atoms with Gasteiger partial charge in [-0.05, 0) is 35.0 Å². The van der Waals surface area contributed by atoms with Crippen molar-refractivity contribution >= 4 is 32.9 Å². The van der Waals surface area contributed by atoms with Crippen LogP contribution in [0.3, 0.4) is 0 Å². The third-order valence-electron chi connectivity index (χ3n) is 4.42. The maximum Gasteiger partial charge on any atom is 0.332 e. The highest BCUT2D eigenvalue weighted by molar-refractivity contribution is 9.10. The van der Waals surface area contributed by atoms with Gasteiger partial charge in [-0.25, -0.2) is 9.78 Å². The fourth-order valence-corrected chi connectivity index (χ4v) is 3.46. The Balaban J connectivity index is 2.17. The SMILES string of the molecule is CC=CCn1c(Br)nc2c1c(=O)n(CC(=O)c1ccccc1OC)c(=O)n2C. The first-order chi connectivity index (χ1) is 13.4. The number of aromatic nitrogens is 4. The molecule has 0 radical (unpaired) electrons. The Kier molecular flexibility index (Phi) is 5.64. The number of ether oxygens (including phenoxy) is 1. The highest BCUT2D eigenvalue weighted by Gasteiger charge is 2.21. The van der Waals surface area contributed by atoms with Crippen LogP contribution in [0.25, 0.3) is 11.2 Å². The molecule has 0 aliphatic rings. The zero-order valence-corrected chi connectivity index (χ0v) is 17.3. The lowest BCUT2D eigenvalue weighted by Crippen LogP contribution is -2.41. The van der Waals surface area contributed by atoms with Crippen molar-refractivity contribution in [1.29, 1.82) is 0 Å². The minimum absolute atomic E-state index is 0.250. The lowest BCUT2D eigenvalue weighted by atomic mass is 10.1. The van der Waals surface area contributed by atoms with Crippen LogP contribution in [0.15, 0.2) is 50.7 Å². The number of carbonyl (C=O) groups excluding carboxylic acids is 1. The third-order valence-corrected chi connectivity index (χ3v) is 5.02. The lowest BCUT2D eigenvalue weighted by molar-refractivity contribution is 0.0966. The van der Waals surface area contributed by atoms with Crippen LogP contribution in [-0.4, -0.2) is 31.6 Å². The van der Waals surface area contributed by atoms with E-state index in [9.17, 15) is 14.4 Å². The van der Waals surface area contributed by atoms with E-state index in [1.54, 1.807) is 28.8 Å². The van der Waals surface area contributed by atoms with E-state index >= 15 is 0 Å². The first kappa shape index (κ1) is 19.8. The number of nitrogens with zero attached hydrogens (tertiary/aromatic N) is 4. The van der Waals surface area contributed by atoms with Gasteiger partial charge in [0.1, 0.15) is 5.75 Å². The largest absolute Gasteiger partial charge is 0.496 e. The summed E-state index contributed by atoms with van der Waals surface area (Å²) in [6, 6.07) is 6.69. The van der Waals surface area contributed by atoms with Gasteiger partial charge in [-0.3, -0.25) is 18.7 Å². The van der Waals surface area contributed by atoms with Crippen molar-refractivity contribution < 1.29 is 9.53 Å². The average molecular weight is 447 g/mol. The fourth-order valence-electron chi connectivity index (χ4n) is 2.97. The number of fused-ring (bicyclic) bond motifs is 1. The Morgan fingerprint density at radius 2 is 1.96 bits per heavy atom. The number of para-hydroxylation sites is 1. The van der Waals surface area contributed by atoms with E-state index in [0.717, 1.165) is 4.57 Å².